The molecular weight excluding hydrogens is 270 g/mol. The Balaban J connectivity index is 2.94. The van der Waals surface area contributed by atoms with E-state index >= 15 is 0 Å². The van der Waals surface area contributed by atoms with Gasteiger partial charge in [0, 0.05) is 23.3 Å². The van der Waals surface area contributed by atoms with Crippen molar-refractivity contribution in [2.75, 3.05) is 7.11 Å². The summed E-state index contributed by atoms with van der Waals surface area (Å²) in [6.07, 6.45) is 3.88. The quantitative estimate of drug-likeness (QED) is 0.318. The van der Waals surface area contributed by atoms with E-state index in [2.05, 4.69) is 0 Å². The molecule has 0 aromatic heterocycles. The lowest BCUT2D eigenvalue weighted by Crippen LogP contribution is -2.22. The summed E-state index contributed by atoms with van der Waals surface area (Å²) in [6.45, 7) is 1.98. The monoisotopic (exact) mass is 291 g/mol. The summed E-state index contributed by atoms with van der Waals surface area (Å²) in [7, 11) is 1.29. The third-order valence-electron chi connectivity index (χ3n) is 3.23. The van der Waals surface area contributed by atoms with E-state index in [-0.39, 0.29) is 11.3 Å². The Morgan fingerprint density at radius 1 is 1.38 bits per heavy atom. The molecule has 0 spiro atoms. The van der Waals surface area contributed by atoms with Gasteiger partial charge in [-0.25, -0.2) is 4.79 Å². The third kappa shape index (κ3) is 5.77. The van der Waals surface area contributed by atoms with Crippen molar-refractivity contribution in [1.82, 2.24) is 0 Å². The van der Waals surface area contributed by atoms with Crippen LogP contribution in [0.1, 0.15) is 38.2 Å². The number of hydrogen-bond donors (Lipinski definition) is 0. The lowest BCUT2D eigenvalue weighted by atomic mass is 9.99. The highest BCUT2D eigenvalue weighted by molar-refractivity contribution is 5.93. The van der Waals surface area contributed by atoms with Gasteiger partial charge >= 0.3 is 5.97 Å². The van der Waals surface area contributed by atoms with Crippen molar-refractivity contribution in [1.29, 1.82) is 0 Å². The molecule has 1 rings (SSSR count). The first-order chi connectivity index (χ1) is 10.1. The summed E-state index contributed by atoms with van der Waals surface area (Å²) in [4.78, 5) is 22.7. The van der Waals surface area contributed by atoms with Crippen LogP contribution in [0.3, 0.4) is 0 Å². The fourth-order valence-corrected chi connectivity index (χ4v) is 2.06. The van der Waals surface area contributed by atoms with E-state index < -0.39 is 12.0 Å². The molecule has 1 aromatic rings. The molecule has 0 radical (unpaired) electrons. The highest BCUT2D eigenvalue weighted by Crippen LogP contribution is 2.18. The van der Waals surface area contributed by atoms with E-state index in [1.165, 1.54) is 7.11 Å². The van der Waals surface area contributed by atoms with Gasteiger partial charge in [-0.05, 0) is 18.1 Å². The van der Waals surface area contributed by atoms with E-state index in [0.717, 1.165) is 18.4 Å². The Morgan fingerprint density at radius 2 is 2.05 bits per heavy atom. The maximum Gasteiger partial charge on any atom is 0.334 e. The van der Waals surface area contributed by atoms with Gasteiger partial charge in [-0.15, -0.1) is 0 Å². The predicted octanol–water partition coefficient (Wildman–Crippen LogP) is 3.47. The van der Waals surface area contributed by atoms with E-state index in [9.17, 15) is 14.9 Å². The van der Waals surface area contributed by atoms with E-state index in [1.807, 2.05) is 37.3 Å². The molecule has 5 nitrogen and oxygen atoms in total. The maximum absolute atomic E-state index is 11.8. The predicted molar refractivity (Wildman–Crippen MR) is 81.4 cm³/mol. The number of ether oxygens (including phenoxy) is 1. The van der Waals surface area contributed by atoms with Crippen molar-refractivity contribution >= 4 is 12.0 Å². The molecule has 0 amide bonds. The Morgan fingerprint density at radius 3 is 2.57 bits per heavy atom. The number of carbonyl (C=O) groups excluding carboxylic acids is 1. The second kappa shape index (κ2) is 8.89. The van der Waals surface area contributed by atoms with Crippen molar-refractivity contribution in [3.05, 3.63) is 51.6 Å². The molecule has 0 aliphatic rings. The van der Waals surface area contributed by atoms with Gasteiger partial charge < -0.3 is 4.74 Å². The van der Waals surface area contributed by atoms with Gasteiger partial charge in [-0.3, -0.25) is 10.1 Å². The molecule has 5 heteroatoms. The number of carbonyl (C=O) groups is 1. The molecule has 0 bridgehead atoms. The highest BCUT2D eigenvalue weighted by atomic mass is 16.6. The van der Waals surface area contributed by atoms with Crippen molar-refractivity contribution < 1.29 is 14.5 Å². The molecule has 1 atom stereocenters. The number of rotatable bonds is 8. The first-order valence-corrected chi connectivity index (χ1v) is 7.06. The van der Waals surface area contributed by atoms with Crippen LogP contribution < -0.4 is 0 Å². The molecule has 1 aromatic carbocycles. The zero-order chi connectivity index (χ0) is 15.7. The molecule has 0 aliphatic carbocycles. The van der Waals surface area contributed by atoms with Gasteiger partial charge in [0.15, 0.2) is 0 Å². The smallest absolute Gasteiger partial charge is 0.334 e. The Labute approximate surface area is 124 Å². The lowest BCUT2D eigenvalue weighted by Gasteiger charge is -2.11. The van der Waals surface area contributed by atoms with Crippen molar-refractivity contribution in [2.45, 2.75) is 38.6 Å². The average molecular weight is 291 g/mol. The second-order valence-electron chi connectivity index (χ2n) is 4.86. The van der Waals surface area contributed by atoms with Gasteiger partial charge in [0.05, 0.1) is 7.11 Å². The Bertz CT molecular complexity index is 496. The largest absolute Gasteiger partial charge is 0.466 e. The first-order valence-electron chi connectivity index (χ1n) is 7.06. The number of hydrogen-bond acceptors (Lipinski definition) is 4. The van der Waals surface area contributed by atoms with Crippen LogP contribution in [-0.4, -0.2) is 24.0 Å². The number of nitro groups is 1. The Kier molecular flexibility index (Phi) is 7.15. The van der Waals surface area contributed by atoms with Crippen molar-refractivity contribution in [2.24, 2.45) is 0 Å². The molecule has 0 aliphatic heterocycles. The first kappa shape index (κ1) is 16.9. The van der Waals surface area contributed by atoms with Crippen molar-refractivity contribution in [3.63, 3.8) is 0 Å². The van der Waals surface area contributed by atoms with Gasteiger partial charge in [0.1, 0.15) is 0 Å². The number of nitrogens with zero attached hydrogens (tertiary/aromatic N) is 1. The van der Waals surface area contributed by atoms with Crippen molar-refractivity contribution in [3.8, 4) is 0 Å². The van der Waals surface area contributed by atoms with Gasteiger partial charge in [-0.2, -0.15) is 0 Å². The summed E-state index contributed by atoms with van der Waals surface area (Å²) < 4.78 is 4.74. The summed E-state index contributed by atoms with van der Waals surface area (Å²) >= 11 is 0. The van der Waals surface area contributed by atoms with Crippen LogP contribution in [0.5, 0.6) is 0 Å². The van der Waals surface area contributed by atoms with Gasteiger partial charge in [0.25, 0.3) is 0 Å². The fraction of sp³-hybridized carbons (Fsp3) is 0.438. The number of methoxy groups -OCH3 is 1. The number of esters is 1. The van der Waals surface area contributed by atoms with Crippen LogP contribution in [0, 0.1) is 10.1 Å². The van der Waals surface area contributed by atoms with Crippen LogP contribution in [0.2, 0.25) is 0 Å². The van der Waals surface area contributed by atoms with E-state index in [1.54, 1.807) is 6.08 Å². The summed E-state index contributed by atoms with van der Waals surface area (Å²) in [5.74, 6) is -0.512. The molecule has 21 heavy (non-hydrogen) atoms. The molecule has 0 saturated carbocycles. The molecule has 114 valence electrons. The summed E-state index contributed by atoms with van der Waals surface area (Å²) in [6, 6.07) is 8.51. The molecule has 0 N–H and O–H groups in total. The second-order valence-corrected chi connectivity index (χ2v) is 4.86. The SMILES string of the molecule is CCCCC(C/C(=C\c1ccccc1)C(=O)OC)[N+](=O)[O-]. The Hall–Kier alpha value is -2.17. The van der Waals surface area contributed by atoms with Crippen LogP contribution >= 0.6 is 0 Å². The van der Waals surface area contributed by atoms with Gasteiger partial charge in [-0.1, -0.05) is 43.7 Å². The maximum atomic E-state index is 11.8. The topological polar surface area (TPSA) is 69.4 Å². The molecule has 1 unspecified atom stereocenters. The number of unbranched alkanes of at least 4 members (excludes halogenated alkanes) is 1. The third-order valence-corrected chi connectivity index (χ3v) is 3.23. The average Bonchev–Trinajstić information content (AvgIpc) is 2.50. The van der Waals surface area contributed by atoms with E-state index in [0.29, 0.717) is 12.0 Å². The zero-order valence-corrected chi connectivity index (χ0v) is 12.5. The van der Waals surface area contributed by atoms with Crippen LogP contribution in [0.25, 0.3) is 6.08 Å². The molecular formula is C16H21NO4. The summed E-state index contributed by atoms with van der Waals surface area (Å²) in [5.41, 5.74) is 1.16. The van der Waals surface area contributed by atoms with E-state index in [4.69, 9.17) is 4.74 Å². The summed E-state index contributed by atoms with van der Waals surface area (Å²) in [5, 5.41) is 11.1. The molecule has 0 saturated heterocycles. The minimum atomic E-state index is -0.751. The van der Waals surface area contributed by atoms with Crippen LogP contribution in [0.15, 0.2) is 35.9 Å². The fourth-order valence-electron chi connectivity index (χ4n) is 2.06. The minimum absolute atomic E-state index is 0.0918. The number of benzene rings is 1. The molecule has 0 fully saturated rings. The minimum Gasteiger partial charge on any atom is -0.466 e. The highest BCUT2D eigenvalue weighted by Gasteiger charge is 2.24. The zero-order valence-electron chi connectivity index (χ0n) is 12.5. The standard InChI is InChI=1S/C16H21NO4/c1-3-4-10-15(17(19)20)12-14(16(18)21-2)11-13-8-6-5-7-9-13/h5-9,11,15H,3-4,10,12H2,1-2H3/b14-11+. The van der Waals surface area contributed by atoms with Crippen LogP contribution in [-0.2, 0) is 9.53 Å². The van der Waals surface area contributed by atoms with Crippen LogP contribution in [0.4, 0.5) is 0 Å². The molecule has 0 heterocycles. The van der Waals surface area contributed by atoms with Gasteiger partial charge in [0.2, 0.25) is 6.04 Å². The lowest BCUT2D eigenvalue weighted by molar-refractivity contribution is -0.522. The normalized spacial score (nSPS) is 12.8.